The zero-order chi connectivity index (χ0) is 9.90. The van der Waals surface area contributed by atoms with E-state index < -0.39 is 5.60 Å². The molecule has 3 atom stereocenters. The molecular weight excluding hydrogens is 166 g/mol. The van der Waals surface area contributed by atoms with Crippen molar-refractivity contribution >= 4 is 0 Å². The van der Waals surface area contributed by atoms with Crippen molar-refractivity contribution in [2.45, 2.75) is 44.8 Å². The van der Waals surface area contributed by atoms with Crippen LogP contribution in [-0.4, -0.2) is 30.0 Å². The third kappa shape index (κ3) is 2.03. The second-order valence-corrected chi connectivity index (χ2v) is 3.98. The highest BCUT2D eigenvalue weighted by atomic mass is 16.5. The van der Waals surface area contributed by atoms with E-state index in [1.54, 1.807) is 0 Å². The molecule has 1 rings (SSSR count). The molecule has 0 aromatic rings. The monoisotopic (exact) mass is 187 g/mol. The van der Waals surface area contributed by atoms with Gasteiger partial charge in [-0.2, -0.15) is 0 Å². The van der Waals surface area contributed by atoms with E-state index in [9.17, 15) is 5.11 Å². The Morgan fingerprint density at radius 3 is 2.77 bits per heavy atom. The lowest BCUT2D eigenvalue weighted by atomic mass is 9.80. The molecule has 0 bridgehead atoms. The lowest BCUT2D eigenvalue weighted by Crippen LogP contribution is -2.47. The Bertz CT molecular complexity index is 163. The van der Waals surface area contributed by atoms with Crippen LogP contribution < -0.4 is 5.73 Å². The van der Waals surface area contributed by atoms with E-state index in [1.807, 2.05) is 6.92 Å². The number of ether oxygens (including phenoxy) is 1. The van der Waals surface area contributed by atoms with Crippen LogP contribution in [0.25, 0.3) is 0 Å². The van der Waals surface area contributed by atoms with Gasteiger partial charge >= 0.3 is 0 Å². The van der Waals surface area contributed by atoms with Gasteiger partial charge in [0.2, 0.25) is 0 Å². The first-order valence-electron chi connectivity index (χ1n) is 5.19. The van der Waals surface area contributed by atoms with Crippen molar-refractivity contribution in [3.05, 3.63) is 0 Å². The highest BCUT2D eigenvalue weighted by molar-refractivity contribution is 4.95. The molecule has 0 aromatic heterocycles. The van der Waals surface area contributed by atoms with Gasteiger partial charge in [-0.3, -0.25) is 0 Å². The molecule has 1 heterocycles. The largest absolute Gasteiger partial charge is 0.387 e. The number of hydrogen-bond acceptors (Lipinski definition) is 3. The van der Waals surface area contributed by atoms with E-state index in [2.05, 4.69) is 6.92 Å². The summed E-state index contributed by atoms with van der Waals surface area (Å²) in [7, 11) is 0. The summed E-state index contributed by atoms with van der Waals surface area (Å²) in [6.45, 7) is 5.27. The molecular formula is C10H21NO2. The molecule has 1 saturated heterocycles. The minimum Gasteiger partial charge on any atom is -0.387 e. The summed E-state index contributed by atoms with van der Waals surface area (Å²) in [6, 6.07) is 0. The second-order valence-electron chi connectivity index (χ2n) is 3.98. The fourth-order valence-electron chi connectivity index (χ4n) is 2.20. The van der Waals surface area contributed by atoms with Gasteiger partial charge in [0.25, 0.3) is 0 Å². The van der Waals surface area contributed by atoms with Gasteiger partial charge in [0.05, 0.1) is 11.7 Å². The van der Waals surface area contributed by atoms with Crippen LogP contribution in [0.15, 0.2) is 0 Å². The first kappa shape index (κ1) is 11.0. The topological polar surface area (TPSA) is 55.5 Å². The molecule has 0 saturated carbocycles. The molecule has 13 heavy (non-hydrogen) atoms. The van der Waals surface area contributed by atoms with Crippen LogP contribution in [0.2, 0.25) is 0 Å². The van der Waals surface area contributed by atoms with Crippen molar-refractivity contribution in [2.24, 2.45) is 11.7 Å². The zero-order valence-electron chi connectivity index (χ0n) is 8.62. The lowest BCUT2D eigenvalue weighted by Gasteiger charge is -2.34. The van der Waals surface area contributed by atoms with Crippen molar-refractivity contribution in [2.75, 3.05) is 13.2 Å². The second kappa shape index (κ2) is 4.40. The molecule has 3 heteroatoms. The summed E-state index contributed by atoms with van der Waals surface area (Å²) in [5.41, 5.74) is 4.99. The zero-order valence-corrected chi connectivity index (χ0v) is 8.62. The summed E-state index contributed by atoms with van der Waals surface area (Å²) in [5.74, 6) is 0.190. The summed E-state index contributed by atoms with van der Waals surface area (Å²) in [5, 5.41) is 10.3. The van der Waals surface area contributed by atoms with Crippen molar-refractivity contribution in [3.8, 4) is 0 Å². The van der Waals surface area contributed by atoms with E-state index in [-0.39, 0.29) is 12.0 Å². The smallest absolute Gasteiger partial charge is 0.0967 e. The Hall–Kier alpha value is -0.120. The number of aliphatic hydroxyl groups is 1. The van der Waals surface area contributed by atoms with Crippen molar-refractivity contribution in [3.63, 3.8) is 0 Å². The van der Waals surface area contributed by atoms with Crippen LogP contribution in [-0.2, 0) is 4.74 Å². The summed E-state index contributed by atoms with van der Waals surface area (Å²) < 4.78 is 5.39. The van der Waals surface area contributed by atoms with Gasteiger partial charge < -0.3 is 15.6 Å². The molecule has 0 aromatic carbocycles. The molecule has 0 radical (unpaired) electrons. The maximum atomic E-state index is 10.3. The van der Waals surface area contributed by atoms with E-state index in [4.69, 9.17) is 10.5 Å². The third-order valence-electron chi connectivity index (χ3n) is 3.20. The standard InChI is InChI=1S/C10H21NO2/c1-3-4-9(7-11)10(12)5-6-13-8(10)2/h8-9,12H,3-7,11H2,1-2H3. The Balaban J connectivity index is 2.64. The molecule has 78 valence electrons. The lowest BCUT2D eigenvalue weighted by molar-refractivity contribution is -0.0690. The molecule has 0 amide bonds. The molecule has 3 N–H and O–H groups in total. The molecule has 1 aliphatic rings. The summed E-state index contributed by atoms with van der Waals surface area (Å²) >= 11 is 0. The quantitative estimate of drug-likeness (QED) is 0.687. The Morgan fingerprint density at radius 1 is 1.69 bits per heavy atom. The van der Waals surface area contributed by atoms with Crippen LogP contribution in [0.5, 0.6) is 0 Å². The van der Waals surface area contributed by atoms with Crippen molar-refractivity contribution < 1.29 is 9.84 Å². The van der Waals surface area contributed by atoms with Crippen LogP contribution in [0, 0.1) is 5.92 Å². The maximum Gasteiger partial charge on any atom is 0.0967 e. The SMILES string of the molecule is CCCC(CN)C1(O)CCOC1C. The van der Waals surface area contributed by atoms with Gasteiger partial charge in [-0.1, -0.05) is 13.3 Å². The van der Waals surface area contributed by atoms with E-state index in [0.717, 1.165) is 19.3 Å². The maximum absolute atomic E-state index is 10.3. The first-order valence-corrected chi connectivity index (χ1v) is 5.19. The molecule has 0 aliphatic carbocycles. The summed E-state index contributed by atoms with van der Waals surface area (Å²) in [4.78, 5) is 0. The third-order valence-corrected chi connectivity index (χ3v) is 3.20. The number of hydrogen-bond donors (Lipinski definition) is 2. The predicted molar refractivity (Wildman–Crippen MR) is 52.4 cm³/mol. The Labute approximate surface area is 80.3 Å². The van der Waals surface area contributed by atoms with Crippen molar-refractivity contribution in [1.82, 2.24) is 0 Å². The van der Waals surface area contributed by atoms with Gasteiger partial charge in [0.15, 0.2) is 0 Å². The van der Waals surface area contributed by atoms with Crippen LogP contribution >= 0.6 is 0 Å². The molecule has 1 aliphatic heterocycles. The molecule has 0 spiro atoms. The first-order chi connectivity index (χ1) is 6.15. The van der Waals surface area contributed by atoms with E-state index in [1.165, 1.54) is 0 Å². The number of rotatable bonds is 4. The average molecular weight is 187 g/mol. The Kier molecular flexibility index (Phi) is 3.71. The fourth-order valence-corrected chi connectivity index (χ4v) is 2.20. The average Bonchev–Trinajstić information content (AvgIpc) is 2.44. The van der Waals surface area contributed by atoms with Gasteiger partial charge in [-0.25, -0.2) is 0 Å². The van der Waals surface area contributed by atoms with Gasteiger partial charge in [-0.15, -0.1) is 0 Å². The highest BCUT2D eigenvalue weighted by Gasteiger charge is 2.44. The van der Waals surface area contributed by atoms with E-state index in [0.29, 0.717) is 13.2 Å². The number of nitrogens with two attached hydrogens (primary N) is 1. The van der Waals surface area contributed by atoms with Crippen LogP contribution in [0.3, 0.4) is 0 Å². The van der Waals surface area contributed by atoms with Crippen LogP contribution in [0.1, 0.15) is 33.1 Å². The van der Waals surface area contributed by atoms with Gasteiger partial charge in [0, 0.05) is 18.9 Å². The fraction of sp³-hybridized carbons (Fsp3) is 1.00. The minimum absolute atomic E-state index is 0.0624. The minimum atomic E-state index is -0.676. The Morgan fingerprint density at radius 2 is 2.38 bits per heavy atom. The predicted octanol–water partition coefficient (Wildman–Crippen LogP) is 0.901. The normalized spacial score (nSPS) is 36.5. The highest BCUT2D eigenvalue weighted by Crippen LogP contribution is 2.34. The van der Waals surface area contributed by atoms with Crippen molar-refractivity contribution in [1.29, 1.82) is 0 Å². The van der Waals surface area contributed by atoms with E-state index >= 15 is 0 Å². The summed E-state index contributed by atoms with van der Waals surface area (Å²) in [6.07, 6.45) is 2.72. The van der Waals surface area contributed by atoms with Crippen LogP contribution in [0.4, 0.5) is 0 Å². The van der Waals surface area contributed by atoms with Gasteiger partial charge in [0.1, 0.15) is 0 Å². The molecule has 3 unspecified atom stereocenters. The molecule has 3 nitrogen and oxygen atoms in total. The molecule has 1 fully saturated rings. The van der Waals surface area contributed by atoms with Gasteiger partial charge in [-0.05, 0) is 19.9 Å².